The lowest BCUT2D eigenvalue weighted by Crippen LogP contribution is -2.44. The number of carbonyl (C=O) groups excluding carboxylic acids is 3. The molecule has 2 aromatic rings. The number of benzene rings is 2. The second kappa shape index (κ2) is 12.1. The Hall–Kier alpha value is -2.22. The molecule has 0 radical (unpaired) electrons. The maximum Gasteiger partial charge on any atom is 0.329 e. The van der Waals surface area contributed by atoms with Gasteiger partial charge in [0.1, 0.15) is 6.04 Å². The Morgan fingerprint density at radius 1 is 1.09 bits per heavy atom. The van der Waals surface area contributed by atoms with E-state index in [0.29, 0.717) is 22.9 Å². The molecule has 2 aromatic carbocycles. The van der Waals surface area contributed by atoms with Gasteiger partial charge in [0.2, 0.25) is 0 Å². The molecule has 0 aliphatic rings. The summed E-state index contributed by atoms with van der Waals surface area (Å²) in [4.78, 5) is 37.9. The molecule has 0 saturated heterocycles. The Balaban J connectivity index is 2.05. The topological polar surface area (TPSA) is 84.5 Å². The van der Waals surface area contributed by atoms with Gasteiger partial charge in [0.05, 0.1) is 10.6 Å². The summed E-state index contributed by atoms with van der Waals surface area (Å²) in [7, 11) is 0. The van der Waals surface area contributed by atoms with E-state index in [9.17, 15) is 14.4 Å². The molecule has 0 aromatic heterocycles. The lowest BCUT2D eigenvalue weighted by atomic mass is 10.1. The van der Waals surface area contributed by atoms with Gasteiger partial charge in [-0.1, -0.05) is 40.9 Å². The van der Waals surface area contributed by atoms with E-state index in [-0.39, 0.29) is 10.6 Å². The fourth-order valence-corrected chi connectivity index (χ4v) is 3.86. The number of rotatable bonds is 9. The van der Waals surface area contributed by atoms with Gasteiger partial charge >= 0.3 is 5.97 Å². The molecule has 0 heterocycles. The molecule has 0 saturated carbocycles. The second-order valence-corrected chi connectivity index (χ2v) is 9.15. The molecule has 2 amide bonds. The normalized spacial score (nSPS) is 12.6. The number of carbonyl (C=O) groups is 3. The largest absolute Gasteiger partial charge is 0.451 e. The third-order valence-corrected chi connectivity index (χ3v) is 5.87. The van der Waals surface area contributed by atoms with E-state index in [1.54, 1.807) is 6.07 Å². The molecular weight excluding hydrogens is 471 g/mol. The first-order chi connectivity index (χ1) is 15.1. The van der Waals surface area contributed by atoms with Crippen molar-refractivity contribution in [2.75, 3.05) is 17.3 Å². The van der Waals surface area contributed by atoms with E-state index in [1.165, 1.54) is 36.9 Å². The van der Waals surface area contributed by atoms with Gasteiger partial charge in [0, 0.05) is 10.7 Å². The predicted molar refractivity (Wildman–Crippen MR) is 131 cm³/mol. The first-order valence-electron chi connectivity index (χ1n) is 9.95. The molecule has 9 heteroatoms. The zero-order chi connectivity index (χ0) is 23.8. The number of esters is 1. The molecule has 0 aliphatic carbocycles. The summed E-state index contributed by atoms with van der Waals surface area (Å²) >= 11 is 13.5. The highest BCUT2D eigenvalue weighted by Crippen LogP contribution is 2.21. The highest BCUT2D eigenvalue weighted by Gasteiger charge is 2.27. The van der Waals surface area contributed by atoms with Gasteiger partial charge in [-0.3, -0.25) is 9.59 Å². The lowest BCUT2D eigenvalue weighted by Gasteiger charge is -2.21. The standard InChI is InChI=1S/C23H26Cl2N2O4S/c1-13-5-8-19(14(2)11-13)26-21(28)15(3)31-23(30)20(9-10-32-4)27-22(29)17-7-6-16(24)12-18(17)25/h5-8,11-12,15,20H,9-10H2,1-4H3,(H,26,28)(H,27,29). The van der Waals surface area contributed by atoms with Crippen LogP contribution in [-0.4, -0.2) is 41.9 Å². The number of hydrogen-bond acceptors (Lipinski definition) is 5. The van der Waals surface area contributed by atoms with Crippen molar-refractivity contribution in [1.82, 2.24) is 5.32 Å². The van der Waals surface area contributed by atoms with Gasteiger partial charge in [0.15, 0.2) is 6.10 Å². The average Bonchev–Trinajstić information content (AvgIpc) is 2.72. The highest BCUT2D eigenvalue weighted by atomic mass is 35.5. The zero-order valence-electron chi connectivity index (χ0n) is 18.3. The van der Waals surface area contributed by atoms with Crippen molar-refractivity contribution < 1.29 is 19.1 Å². The number of amides is 2. The lowest BCUT2D eigenvalue weighted by molar-refractivity contribution is -0.155. The van der Waals surface area contributed by atoms with Crippen molar-refractivity contribution in [3.63, 3.8) is 0 Å². The summed E-state index contributed by atoms with van der Waals surface area (Å²) in [5, 5.41) is 5.99. The van der Waals surface area contributed by atoms with Crippen molar-refractivity contribution in [1.29, 1.82) is 0 Å². The first kappa shape index (κ1) is 26.0. The quantitative estimate of drug-likeness (QED) is 0.475. The summed E-state index contributed by atoms with van der Waals surface area (Å²) < 4.78 is 5.36. The summed E-state index contributed by atoms with van der Waals surface area (Å²) in [5.41, 5.74) is 2.82. The van der Waals surface area contributed by atoms with Crippen molar-refractivity contribution in [2.45, 2.75) is 39.3 Å². The summed E-state index contributed by atoms with van der Waals surface area (Å²) in [6.07, 6.45) is 1.18. The van der Waals surface area contributed by atoms with Crippen LogP contribution in [0.2, 0.25) is 10.0 Å². The summed E-state index contributed by atoms with van der Waals surface area (Å²) in [6, 6.07) is 9.17. The van der Waals surface area contributed by atoms with E-state index in [1.807, 2.05) is 32.2 Å². The zero-order valence-corrected chi connectivity index (χ0v) is 20.7. The van der Waals surface area contributed by atoms with Crippen molar-refractivity contribution in [3.05, 3.63) is 63.1 Å². The Bertz CT molecular complexity index is 1000. The molecule has 0 fully saturated rings. The first-order valence-corrected chi connectivity index (χ1v) is 12.1. The molecule has 0 spiro atoms. The maximum atomic E-state index is 12.8. The number of ether oxygens (including phenoxy) is 1. The van der Waals surface area contributed by atoms with E-state index in [2.05, 4.69) is 10.6 Å². The Morgan fingerprint density at radius 3 is 2.44 bits per heavy atom. The van der Waals surface area contributed by atoms with Gasteiger partial charge in [-0.05, 0) is 69.0 Å². The van der Waals surface area contributed by atoms with Crippen molar-refractivity contribution >= 4 is 58.4 Å². The van der Waals surface area contributed by atoms with Crippen LogP contribution >= 0.6 is 35.0 Å². The SMILES string of the molecule is CSCCC(NC(=O)c1ccc(Cl)cc1Cl)C(=O)OC(C)C(=O)Nc1ccc(C)cc1C. The number of aryl methyl sites for hydroxylation is 2. The van der Waals surface area contributed by atoms with Crippen LogP contribution in [0.5, 0.6) is 0 Å². The smallest absolute Gasteiger partial charge is 0.329 e. The van der Waals surface area contributed by atoms with E-state index < -0.39 is 29.9 Å². The molecule has 0 aliphatic heterocycles. The summed E-state index contributed by atoms with van der Waals surface area (Å²) in [6.45, 7) is 5.33. The van der Waals surface area contributed by atoms with E-state index in [4.69, 9.17) is 27.9 Å². The number of thioether (sulfide) groups is 1. The maximum absolute atomic E-state index is 12.8. The fraction of sp³-hybridized carbons (Fsp3) is 0.348. The molecule has 172 valence electrons. The van der Waals surface area contributed by atoms with Crippen LogP contribution in [0.4, 0.5) is 5.69 Å². The van der Waals surface area contributed by atoms with Gasteiger partial charge in [-0.2, -0.15) is 11.8 Å². The molecule has 2 unspecified atom stereocenters. The second-order valence-electron chi connectivity index (χ2n) is 7.32. The van der Waals surface area contributed by atoms with Crippen LogP contribution in [0.15, 0.2) is 36.4 Å². The third kappa shape index (κ3) is 7.43. The Kier molecular flexibility index (Phi) is 9.87. The Morgan fingerprint density at radius 2 is 1.81 bits per heavy atom. The molecule has 2 atom stereocenters. The summed E-state index contributed by atoms with van der Waals surface area (Å²) in [5.74, 6) is -1.07. The van der Waals surface area contributed by atoms with Crippen LogP contribution < -0.4 is 10.6 Å². The monoisotopic (exact) mass is 496 g/mol. The molecule has 6 nitrogen and oxygen atoms in total. The van der Waals surface area contributed by atoms with Gasteiger partial charge < -0.3 is 15.4 Å². The minimum Gasteiger partial charge on any atom is -0.451 e. The van der Waals surface area contributed by atoms with Crippen LogP contribution in [0.1, 0.15) is 34.8 Å². The molecule has 2 N–H and O–H groups in total. The molecule has 32 heavy (non-hydrogen) atoms. The predicted octanol–water partition coefficient (Wildman–Crippen LogP) is 5.03. The number of anilines is 1. The third-order valence-electron chi connectivity index (χ3n) is 4.68. The van der Waals surface area contributed by atoms with E-state index >= 15 is 0 Å². The number of nitrogens with one attached hydrogen (secondary N) is 2. The van der Waals surface area contributed by atoms with Crippen LogP contribution in [-0.2, 0) is 14.3 Å². The van der Waals surface area contributed by atoms with Gasteiger partial charge in [-0.25, -0.2) is 4.79 Å². The minimum absolute atomic E-state index is 0.174. The van der Waals surface area contributed by atoms with Gasteiger partial charge in [0.25, 0.3) is 11.8 Å². The molecule has 2 rings (SSSR count). The number of halogens is 2. The van der Waals surface area contributed by atoms with Gasteiger partial charge in [-0.15, -0.1) is 0 Å². The fourth-order valence-electron chi connectivity index (χ4n) is 2.89. The molecular formula is C23H26Cl2N2O4S. The average molecular weight is 497 g/mol. The van der Waals surface area contributed by atoms with Crippen LogP contribution in [0.25, 0.3) is 0 Å². The number of hydrogen-bond donors (Lipinski definition) is 2. The van der Waals surface area contributed by atoms with Crippen molar-refractivity contribution in [3.8, 4) is 0 Å². The van der Waals surface area contributed by atoms with Crippen molar-refractivity contribution in [2.24, 2.45) is 0 Å². The minimum atomic E-state index is -1.05. The molecule has 0 bridgehead atoms. The van der Waals surface area contributed by atoms with Crippen LogP contribution in [0.3, 0.4) is 0 Å². The highest BCUT2D eigenvalue weighted by molar-refractivity contribution is 7.98. The van der Waals surface area contributed by atoms with E-state index in [0.717, 1.165) is 11.1 Å². The van der Waals surface area contributed by atoms with Crippen LogP contribution in [0, 0.1) is 13.8 Å². The Labute approximate surface area is 202 Å².